The van der Waals surface area contributed by atoms with Crippen LogP contribution in [-0.4, -0.2) is 30.7 Å². The highest BCUT2D eigenvalue weighted by Gasteiger charge is 2.36. The van der Waals surface area contributed by atoms with Crippen LogP contribution in [-0.2, 0) is 9.53 Å². The number of nitrogens with two attached hydrogens (primary N) is 1. The van der Waals surface area contributed by atoms with E-state index in [1.54, 1.807) is 0 Å². The highest BCUT2D eigenvalue weighted by Crippen LogP contribution is 2.32. The van der Waals surface area contributed by atoms with Crippen LogP contribution in [0.3, 0.4) is 0 Å². The molecule has 1 heterocycles. The van der Waals surface area contributed by atoms with Crippen LogP contribution in [0.1, 0.15) is 65.2 Å². The lowest BCUT2D eigenvalue weighted by atomic mass is 9.81. The molecule has 21 heavy (non-hydrogen) atoms. The molecule has 0 bridgehead atoms. The Bertz CT molecular complexity index is 334. The normalized spacial score (nSPS) is 32.6. The van der Waals surface area contributed by atoms with Gasteiger partial charge in [0.1, 0.15) is 0 Å². The van der Waals surface area contributed by atoms with E-state index in [-0.39, 0.29) is 17.4 Å². The number of rotatable bonds is 5. The van der Waals surface area contributed by atoms with Crippen molar-refractivity contribution < 1.29 is 9.53 Å². The van der Waals surface area contributed by atoms with Gasteiger partial charge in [-0.15, -0.1) is 0 Å². The summed E-state index contributed by atoms with van der Waals surface area (Å²) in [6.07, 6.45) is 8.18. The highest BCUT2D eigenvalue weighted by atomic mass is 16.5. The lowest BCUT2D eigenvalue weighted by Crippen LogP contribution is -2.49. The number of hydrogen-bond acceptors (Lipinski definition) is 3. The minimum Gasteiger partial charge on any atom is -0.375 e. The first-order valence-corrected chi connectivity index (χ1v) is 8.77. The van der Waals surface area contributed by atoms with E-state index in [9.17, 15) is 4.79 Å². The molecule has 0 aromatic rings. The van der Waals surface area contributed by atoms with E-state index in [0.29, 0.717) is 12.0 Å². The summed E-state index contributed by atoms with van der Waals surface area (Å²) in [4.78, 5) is 12.5. The van der Waals surface area contributed by atoms with E-state index >= 15 is 0 Å². The van der Waals surface area contributed by atoms with E-state index in [1.165, 1.54) is 0 Å². The van der Waals surface area contributed by atoms with Crippen molar-refractivity contribution in [2.75, 3.05) is 13.2 Å². The zero-order valence-electron chi connectivity index (χ0n) is 13.7. The van der Waals surface area contributed by atoms with Gasteiger partial charge in [-0.05, 0) is 63.8 Å². The van der Waals surface area contributed by atoms with Gasteiger partial charge in [0.25, 0.3) is 0 Å². The third-order valence-corrected chi connectivity index (χ3v) is 5.68. The van der Waals surface area contributed by atoms with Crippen LogP contribution in [0.4, 0.5) is 0 Å². The number of ether oxygens (including phenoxy) is 1. The van der Waals surface area contributed by atoms with Crippen molar-refractivity contribution in [3.05, 3.63) is 0 Å². The quantitative estimate of drug-likeness (QED) is 0.819. The maximum atomic E-state index is 12.5. The summed E-state index contributed by atoms with van der Waals surface area (Å²) in [5.41, 5.74) is 5.70. The van der Waals surface area contributed by atoms with Gasteiger partial charge >= 0.3 is 0 Å². The Morgan fingerprint density at radius 3 is 2.43 bits per heavy atom. The molecule has 1 atom stereocenters. The predicted molar refractivity (Wildman–Crippen MR) is 84.9 cm³/mol. The first kappa shape index (κ1) is 16.8. The summed E-state index contributed by atoms with van der Waals surface area (Å²) in [6, 6.07) is 0.290. The van der Waals surface area contributed by atoms with Crippen LogP contribution < -0.4 is 11.1 Å². The summed E-state index contributed by atoms with van der Waals surface area (Å²) in [5, 5.41) is 3.29. The monoisotopic (exact) mass is 296 g/mol. The average molecular weight is 296 g/mol. The van der Waals surface area contributed by atoms with E-state index in [4.69, 9.17) is 10.5 Å². The summed E-state index contributed by atoms with van der Waals surface area (Å²) in [7, 11) is 0. The van der Waals surface area contributed by atoms with E-state index in [1.807, 2.05) is 0 Å². The SMILES string of the molecule is CCC1(CC)CC(NC(=O)C2CCC(CN)CC2)CCO1. The van der Waals surface area contributed by atoms with Crippen molar-refractivity contribution in [1.29, 1.82) is 0 Å². The van der Waals surface area contributed by atoms with E-state index in [0.717, 1.165) is 64.5 Å². The Balaban J connectivity index is 1.82. The summed E-state index contributed by atoms with van der Waals surface area (Å²) in [5.74, 6) is 1.09. The highest BCUT2D eigenvalue weighted by molar-refractivity contribution is 5.79. The van der Waals surface area contributed by atoms with Crippen LogP contribution in [0.5, 0.6) is 0 Å². The molecule has 1 saturated carbocycles. The molecule has 1 saturated heterocycles. The molecule has 0 aromatic carbocycles. The fourth-order valence-corrected chi connectivity index (χ4v) is 3.87. The van der Waals surface area contributed by atoms with Crippen LogP contribution >= 0.6 is 0 Å². The van der Waals surface area contributed by atoms with Crippen LogP contribution in [0, 0.1) is 11.8 Å². The second-order valence-electron chi connectivity index (χ2n) is 6.89. The summed E-state index contributed by atoms with van der Waals surface area (Å²) in [6.45, 7) is 5.90. The molecule has 0 spiro atoms. The second-order valence-corrected chi connectivity index (χ2v) is 6.89. The molecular formula is C17H32N2O2. The number of nitrogens with one attached hydrogen (secondary N) is 1. The van der Waals surface area contributed by atoms with E-state index < -0.39 is 0 Å². The Morgan fingerprint density at radius 1 is 1.19 bits per heavy atom. The predicted octanol–water partition coefficient (Wildman–Crippen LogP) is 2.61. The van der Waals surface area contributed by atoms with Crippen molar-refractivity contribution in [3.63, 3.8) is 0 Å². The summed E-state index contributed by atoms with van der Waals surface area (Å²) >= 11 is 0. The minimum absolute atomic E-state index is 0.0204. The van der Waals surface area contributed by atoms with Gasteiger partial charge < -0.3 is 15.8 Å². The molecule has 2 rings (SSSR count). The molecule has 0 radical (unpaired) electrons. The second kappa shape index (κ2) is 7.59. The zero-order valence-corrected chi connectivity index (χ0v) is 13.7. The van der Waals surface area contributed by atoms with Gasteiger partial charge in [0.15, 0.2) is 0 Å². The maximum absolute atomic E-state index is 12.5. The van der Waals surface area contributed by atoms with Gasteiger partial charge in [-0.1, -0.05) is 13.8 Å². The first-order valence-electron chi connectivity index (χ1n) is 8.77. The van der Waals surface area contributed by atoms with E-state index in [2.05, 4.69) is 19.2 Å². The molecule has 122 valence electrons. The average Bonchev–Trinajstić information content (AvgIpc) is 2.55. The largest absolute Gasteiger partial charge is 0.375 e. The Labute approximate surface area is 129 Å². The molecular weight excluding hydrogens is 264 g/mol. The Hall–Kier alpha value is -0.610. The fourth-order valence-electron chi connectivity index (χ4n) is 3.87. The molecule has 2 aliphatic rings. The van der Waals surface area contributed by atoms with Gasteiger partial charge in [-0.3, -0.25) is 4.79 Å². The lowest BCUT2D eigenvalue weighted by Gasteiger charge is -2.40. The number of carbonyl (C=O) groups excluding carboxylic acids is 1. The molecule has 0 aromatic heterocycles. The molecule has 1 amide bonds. The van der Waals surface area contributed by atoms with Crippen molar-refractivity contribution in [3.8, 4) is 0 Å². The molecule has 2 fully saturated rings. The fraction of sp³-hybridized carbons (Fsp3) is 0.941. The zero-order chi connectivity index (χ0) is 15.3. The van der Waals surface area contributed by atoms with Gasteiger partial charge in [-0.25, -0.2) is 0 Å². The molecule has 1 unspecified atom stereocenters. The van der Waals surface area contributed by atoms with Crippen molar-refractivity contribution >= 4 is 5.91 Å². The topological polar surface area (TPSA) is 64.4 Å². The molecule has 1 aliphatic carbocycles. The third kappa shape index (κ3) is 4.19. The molecule has 3 N–H and O–H groups in total. The molecule has 4 heteroatoms. The number of hydrogen-bond donors (Lipinski definition) is 2. The number of amides is 1. The van der Waals surface area contributed by atoms with Gasteiger partial charge in [0.05, 0.1) is 5.60 Å². The smallest absolute Gasteiger partial charge is 0.223 e. The number of carbonyl (C=O) groups is 1. The van der Waals surface area contributed by atoms with Gasteiger partial charge in [0, 0.05) is 18.6 Å². The molecule has 1 aliphatic heterocycles. The van der Waals surface area contributed by atoms with Crippen molar-refractivity contribution in [1.82, 2.24) is 5.32 Å². The van der Waals surface area contributed by atoms with Crippen molar-refractivity contribution in [2.45, 2.75) is 76.9 Å². The maximum Gasteiger partial charge on any atom is 0.223 e. The van der Waals surface area contributed by atoms with Gasteiger partial charge in [0.2, 0.25) is 5.91 Å². The third-order valence-electron chi connectivity index (χ3n) is 5.68. The van der Waals surface area contributed by atoms with Crippen LogP contribution in [0.25, 0.3) is 0 Å². The molecule has 4 nitrogen and oxygen atoms in total. The Kier molecular flexibility index (Phi) is 6.06. The van der Waals surface area contributed by atoms with Crippen LogP contribution in [0.15, 0.2) is 0 Å². The van der Waals surface area contributed by atoms with Crippen LogP contribution in [0.2, 0.25) is 0 Å². The Morgan fingerprint density at radius 2 is 1.86 bits per heavy atom. The lowest BCUT2D eigenvalue weighted by molar-refractivity contribution is -0.130. The van der Waals surface area contributed by atoms with Crippen molar-refractivity contribution in [2.24, 2.45) is 17.6 Å². The standard InChI is InChI=1S/C17H32N2O2/c1-3-17(4-2)11-15(9-10-21-17)19-16(20)14-7-5-13(12-18)6-8-14/h13-15H,3-12,18H2,1-2H3,(H,19,20). The van der Waals surface area contributed by atoms with Gasteiger partial charge in [-0.2, -0.15) is 0 Å². The minimum atomic E-state index is -0.0204. The first-order chi connectivity index (χ1) is 10.1. The summed E-state index contributed by atoms with van der Waals surface area (Å²) < 4.78 is 5.98.